The zero-order valence-electron chi connectivity index (χ0n) is 16.0. The molecule has 0 unspecified atom stereocenters. The van der Waals surface area contributed by atoms with Crippen molar-refractivity contribution in [1.29, 1.82) is 0 Å². The molecule has 1 aromatic carbocycles. The van der Waals surface area contributed by atoms with Crippen molar-refractivity contribution in [2.24, 2.45) is 7.05 Å². The van der Waals surface area contributed by atoms with Crippen molar-refractivity contribution in [2.45, 2.75) is 19.9 Å². The molecule has 0 fully saturated rings. The third-order valence-electron chi connectivity index (χ3n) is 4.03. The van der Waals surface area contributed by atoms with Crippen LogP contribution in [0, 0.1) is 0 Å². The molecule has 2 amide bonds. The Morgan fingerprint density at radius 2 is 2.04 bits per heavy atom. The molecule has 7 nitrogen and oxygen atoms in total. The van der Waals surface area contributed by atoms with Crippen molar-refractivity contribution in [1.82, 2.24) is 9.88 Å². The molecule has 0 aliphatic rings. The van der Waals surface area contributed by atoms with Crippen molar-refractivity contribution in [3.8, 4) is 11.1 Å². The minimum Gasteiger partial charge on any atom is -0.369 e. The van der Waals surface area contributed by atoms with Crippen LogP contribution in [0.2, 0.25) is 5.02 Å². The van der Waals surface area contributed by atoms with Gasteiger partial charge in [-0.3, -0.25) is 14.4 Å². The number of carbonyl (C=O) groups excluding carboxylic acids is 2. The fourth-order valence-electron chi connectivity index (χ4n) is 2.61. The second kappa shape index (κ2) is 9.23. The van der Waals surface area contributed by atoms with Gasteiger partial charge >= 0.3 is 0 Å². The Morgan fingerprint density at radius 3 is 2.68 bits per heavy atom. The molecule has 1 aromatic heterocycles. The number of hydrogen-bond donors (Lipinski definition) is 3. The first-order valence-corrected chi connectivity index (χ1v) is 9.12. The number of nitrogens with one attached hydrogen (secondary N) is 3. The fraction of sp³-hybridized carbons (Fsp3) is 0.250. The summed E-state index contributed by atoms with van der Waals surface area (Å²) >= 11 is 6.34. The number of amides is 2. The third-order valence-corrected chi connectivity index (χ3v) is 4.36. The van der Waals surface area contributed by atoms with Crippen LogP contribution in [0.3, 0.4) is 0 Å². The maximum Gasteiger partial charge on any atom is 0.273 e. The van der Waals surface area contributed by atoms with Crippen LogP contribution in [-0.4, -0.2) is 29.0 Å². The topological polar surface area (TPSA) is 92.2 Å². The predicted molar refractivity (Wildman–Crippen MR) is 113 cm³/mol. The van der Waals surface area contributed by atoms with E-state index in [1.807, 2.05) is 6.92 Å². The van der Waals surface area contributed by atoms with Gasteiger partial charge in [0.1, 0.15) is 11.7 Å². The molecule has 28 heavy (non-hydrogen) atoms. The number of aryl methyl sites for hydroxylation is 1. The van der Waals surface area contributed by atoms with Crippen LogP contribution in [0.4, 0.5) is 11.4 Å². The fourth-order valence-corrected chi connectivity index (χ4v) is 2.83. The van der Waals surface area contributed by atoms with Gasteiger partial charge in [0.2, 0.25) is 11.8 Å². The standard InChI is InChI=1S/C20H23ClN4O3/c1-5-18(26)24-14-7-8-16(21)15(10-14)13-9-17(20(28)25(4)11-13)23-12(3)19(27)22-6-2/h5,7-12,23H,1,6H2,2-4H3,(H,22,27)(H,24,26)/t12-/m0/s1. The van der Waals surface area contributed by atoms with Crippen LogP contribution < -0.4 is 21.5 Å². The number of hydrogen-bond acceptors (Lipinski definition) is 4. The van der Waals surface area contributed by atoms with Gasteiger partial charge in [0, 0.05) is 41.6 Å². The first kappa shape index (κ1) is 21.2. The van der Waals surface area contributed by atoms with Crippen molar-refractivity contribution in [3.63, 3.8) is 0 Å². The van der Waals surface area contributed by atoms with Crippen LogP contribution in [0.25, 0.3) is 11.1 Å². The number of rotatable bonds is 7. The number of nitrogens with zero attached hydrogens (tertiary/aromatic N) is 1. The maximum absolute atomic E-state index is 12.5. The van der Waals surface area contributed by atoms with E-state index in [9.17, 15) is 14.4 Å². The largest absolute Gasteiger partial charge is 0.369 e. The van der Waals surface area contributed by atoms with Gasteiger partial charge in [-0.2, -0.15) is 0 Å². The number of benzene rings is 1. The Morgan fingerprint density at radius 1 is 1.32 bits per heavy atom. The van der Waals surface area contributed by atoms with E-state index in [2.05, 4.69) is 22.5 Å². The zero-order valence-corrected chi connectivity index (χ0v) is 16.8. The van der Waals surface area contributed by atoms with Gasteiger partial charge in [-0.05, 0) is 44.2 Å². The minimum absolute atomic E-state index is 0.206. The van der Waals surface area contributed by atoms with Gasteiger partial charge in [0.25, 0.3) is 5.56 Å². The monoisotopic (exact) mass is 402 g/mol. The zero-order chi connectivity index (χ0) is 20.8. The summed E-state index contributed by atoms with van der Waals surface area (Å²) in [5, 5.41) is 8.79. The average molecular weight is 403 g/mol. The van der Waals surface area contributed by atoms with Crippen molar-refractivity contribution < 1.29 is 9.59 Å². The van der Waals surface area contributed by atoms with E-state index in [0.29, 0.717) is 28.4 Å². The summed E-state index contributed by atoms with van der Waals surface area (Å²) in [6.45, 7) is 7.43. The van der Waals surface area contributed by atoms with Crippen LogP contribution in [0.1, 0.15) is 13.8 Å². The molecule has 1 atom stereocenters. The summed E-state index contributed by atoms with van der Waals surface area (Å²) in [5.74, 6) is -0.547. The highest BCUT2D eigenvalue weighted by Crippen LogP contribution is 2.31. The molecule has 2 rings (SSSR count). The van der Waals surface area contributed by atoms with Crippen molar-refractivity contribution in [2.75, 3.05) is 17.2 Å². The van der Waals surface area contributed by atoms with E-state index in [-0.39, 0.29) is 23.1 Å². The normalized spacial score (nSPS) is 11.4. The molecule has 0 bridgehead atoms. The molecule has 0 aliphatic carbocycles. The highest BCUT2D eigenvalue weighted by atomic mass is 35.5. The summed E-state index contributed by atoms with van der Waals surface area (Å²) in [7, 11) is 1.62. The van der Waals surface area contributed by atoms with Crippen LogP contribution >= 0.6 is 11.6 Å². The molecular formula is C20H23ClN4O3. The van der Waals surface area contributed by atoms with Gasteiger partial charge in [-0.15, -0.1) is 0 Å². The minimum atomic E-state index is -0.586. The lowest BCUT2D eigenvalue weighted by Crippen LogP contribution is -2.39. The lowest BCUT2D eigenvalue weighted by atomic mass is 10.1. The molecule has 1 heterocycles. The summed E-state index contributed by atoms with van der Waals surface area (Å²) in [6, 6.07) is 6.09. The second-order valence-corrected chi connectivity index (χ2v) is 6.61. The van der Waals surface area contributed by atoms with E-state index in [1.54, 1.807) is 44.4 Å². The van der Waals surface area contributed by atoms with Crippen molar-refractivity contribution >= 4 is 34.8 Å². The number of likely N-dealkylation sites (N-methyl/N-ethyl adjacent to an activating group) is 1. The summed E-state index contributed by atoms with van der Waals surface area (Å²) in [5.41, 5.74) is 1.84. The number of carbonyl (C=O) groups is 2. The second-order valence-electron chi connectivity index (χ2n) is 6.21. The molecule has 8 heteroatoms. The molecule has 0 spiro atoms. The van der Waals surface area contributed by atoms with E-state index in [1.165, 1.54) is 10.6 Å². The van der Waals surface area contributed by atoms with Crippen LogP contribution in [0.5, 0.6) is 0 Å². The smallest absolute Gasteiger partial charge is 0.273 e. The molecule has 148 valence electrons. The van der Waals surface area contributed by atoms with Gasteiger partial charge in [-0.25, -0.2) is 0 Å². The van der Waals surface area contributed by atoms with Crippen LogP contribution in [-0.2, 0) is 16.6 Å². The predicted octanol–water partition coefficient (Wildman–Crippen LogP) is 2.77. The first-order chi connectivity index (χ1) is 13.3. The van der Waals surface area contributed by atoms with Crippen LogP contribution in [0.15, 0.2) is 47.9 Å². The number of pyridine rings is 1. The molecule has 2 aromatic rings. The Balaban J connectivity index is 2.44. The lowest BCUT2D eigenvalue weighted by Gasteiger charge is -2.16. The third kappa shape index (κ3) is 5.01. The van der Waals surface area contributed by atoms with E-state index in [4.69, 9.17) is 11.6 Å². The van der Waals surface area contributed by atoms with E-state index >= 15 is 0 Å². The Kier molecular flexibility index (Phi) is 7.00. The van der Waals surface area contributed by atoms with Crippen molar-refractivity contribution in [3.05, 3.63) is 58.5 Å². The molecule has 0 saturated heterocycles. The SMILES string of the molecule is C=CC(=O)Nc1ccc(Cl)c(-c2cc(N[C@@H](C)C(=O)NCC)c(=O)n(C)c2)c1. The van der Waals surface area contributed by atoms with Gasteiger partial charge in [0.15, 0.2) is 0 Å². The molecule has 0 saturated carbocycles. The summed E-state index contributed by atoms with van der Waals surface area (Å²) in [4.78, 5) is 36.0. The van der Waals surface area contributed by atoms with E-state index < -0.39 is 6.04 Å². The first-order valence-electron chi connectivity index (χ1n) is 8.75. The average Bonchev–Trinajstić information content (AvgIpc) is 2.66. The van der Waals surface area contributed by atoms with Gasteiger partial charge < -0.3 is 20.5 Å². The molecule has 0 radical (unpaired) electrons. The molecule has 3 N–H and O–H groups in total. The maximum atomic E-state index is 12.5. The van der Waals surface area contributed by atoms with E-state index in [0.717, 1.165) is 0 Å². The lowest BCUT2D eigenvalue weighted by molar-refractivity contribution is -0.121. The number of anilines is 2. The Hall–Kier alpha value is -3.06. The highest BCUT2D eigenvalue weighted by Gasteiger charge is 2.16. The molecule has 0 aliphatic heterocycles. The number of aromatic nitrogens is 1. The quantitative estimate of drug-likeness (QED) is 0.621. The highest BCUT2D eigenvalue weighted by molar-refractivity contribution is 6.33. The Labute approximate surface area is 168 Å². The van der Waals surface area contributed by atoms with Gasteiger partial charge in [-0.1, -0.05) is 18.2 Å². The van der Waals surface area contributed by atoms with Gasteiger partial charge in [0.05, 0.1) is 0 Å². The summed E-state index contributed by atoms with van der Waals surface area (Å²) < 4.78 is 1.41. The number of halogens is 1. The Bertz CT molecular complexity index is 968. The molecular weight excluding hydrogens is 380 g/mol. The summed E-state index contributed by atoms with van der Waals surface area (Å²) in [6.07, 6.45) is 2.82.